The molecule has 0 spiro atoms. The molecule has 0 amide bonds. The summed E-state index contributed by atoms with van der Waals surface area (Å²) in [5, 5.41) is 10.7. The molecule has 0 aliphatic carbocycles. The SMILES string of the molecule is COC(=O)C(Cc1ccc([N+](=O)[O-])cc1)NS(=O)(=O)c1ccccc1. The number of esters is 1. The van der Waals surface area contributed by atoms with E-state index in [1.165, 1.54) is 36.4 Å². The fourth-order valence-corrected chi connectivity index (χ4v) is 3.37. The third kappa shape index (κ3) is 4.85. The highest BCUT2D eigenvalue weighted by atomic mass is 32.2. The van der Waals surface area contributed by atoms with Gasteiger partial charge in [-0.15, -0.1) is 0 Å². The van der Waals surface area contributed by atoms with Gasteiger partial charge in [-0.1, -0.05) is 30.3 Å². The zero-order chi connectivity index (χ0) is 18.4. The quantitative estimate of drug-likeness (QED) is 0.454. The van der Waals surface area contributed by atoms with E-state index < -0.39 is 27.0 Å². The zero-order valence-corrected chi connectivity index (χ0v) is 14.1. The average molecular weight is 364 g/mol. The van der Waals surface area contributed by atoms with Gasteiger partial charge in [0.1, 0.15) is 6.04 Å². The van der Waals surface area contributed by atoms with E-state index in [9.17, 15) is 23.3 Å². The Hall–Kier alpha value is -2.78. The maximum atomic E-state index is 12.4. The van der Waals surface area contributed by atoms with Gasteiger partial charge in [-0.25, -0.2) is 8.42 Å². The average Bonchev–Trinajstić information content (AvgIpc) is 2.61. The Morgan fingerprint density at radius 2 is 1.76 bits per heavy atom. The molecule has 1 unspecified atom stereocenters. The molecule has 0 fully saturated rings. The zero-order valence-electron chi connectivity index (χ0n) is 13.3. The molecule has 132 valence electrons. The first-order chi connectivity index (χ1) is 11.8. The van der Waals surface area contributed by atoms with Crippen molar-refractivity contribution in [1.29, 1.82) is 0 Å². The summed E-state index contributed by atoms with van der Waals surface area (Å²) < 4.78 is 31.7. The van der Waals surface area contributed by atoms with E-state index in [4.69, 9.17) is 0 Å². The lowest BCUT2D eigenvalue weighted by Crippen LogP contribution is -2.42. The first-order valence-electron chi connectivity index (χ1n) is 7.22. The summed E-state index contributed by atoms with van der Waals surface area (Å²) in [4.78, 5) is 22.1. The van der Waals surface area contributed by atoms with E-state index >= 15 is 0 Å². The number of ether oxygens (including phenoxy) is 1. The summed E-state index contributed by atoms with van der Waals surface area (Å²) in [6, 6.07) is 12.0. The number of nitrogens with zero attached hydrogens (tertiary/aromatic N) is 1. The Morgan fingerprint density at radius 1 is 1.16 bits per heavy atom. The maximum Gasteiger partial charge on any atom is 0.324 e. The van der Waals surface area contributed by atoms with Crippen molar-refractivity contribution in [3.63, 3.8) is 0 Å². The number of non-ortho nitro benzene ring substituents is 1. The largest absolute Gasteiger partial charge is 0.468 e. The molecule has 0 saturated heterocycles. The van der Waals surface area contributed by atoms with Crippen LogP contribution < -0.4 is 4.72 Å². The van der Waals surface area contributed by atoms with Crippen LogP contribution in [0.3, 0.4) is 0 Å². The van der Waals surface area contributed by atoms with Gasteiger partial charge in [-0.2, -0.15) is 4.72 Å². The van der Waals surface area contributed by atoms with E-state index in [1.807, 2.05) is 0 Å². The second-order valence-corrected chi connectivity index (χ2v) is 6.85. The lowest BCUT2D eigenvalue weighted by molar-refractivity contribution is -0.384. The highest BCUT2D eigenvalue weighted by Crippen LogP contribution is 2.15. The van der Waals surface area contributed by atoms with Crippen molar-refractivity contribution in [2.75, 3.05) is 7.11 Å². The Labute approximate surface area is 144 Å². The minimum absolute atomic E-state index is 0.00324. The first-order valence-corrected chi connectivity index (χ1v) is 8.70. The molecule has 0 heterocycles. The molecule has 25 heavy (non-hydrogen) atoms. The number of hydrogen-bond donors (Lipinski definition) is 1. The standard InChI is InChI=1S/C16H16N2O6S/c1-24-16(19)15(11-12-7-9-13(10-8-12)18(20)21)17-25(22,23)14-5-3-2-4-6-14/h2-10,15,17H,11H2,1H3. The Morgan fingerprint density at radius 3 is 2.28 bits per heavy atom. The van der Waals surface area contributed by atoms with Gasteiger partial charge < -0.3 is 4.74 Å². The molecule has 9 heteroatoms. The van der Waals surface area contributed by atoms with Crippen molar-refractivity contribution in [3.05, 3.63) is 70.3 Å². The number of rotatable bonds is 7. The molecular weight excluding hydrogens is 348 g/mol. The van der Waals surface area contributed by atoms with Crippen molar-refractivity contribution in [2.24, 2.45) is 0 Å². The number of methoxy groups -OCH3 is 1. The van der Waals surface area contributed by atoms with E-state index in [2.05, 4.69) is 9.46 Å². The summed E-state index contributed by atoms with van der Waals surface area (Å²) in [5.74, 6) is -0.752. The van der Waals surface area contributed by atoms with Gasteiger partial charge in [-0.3, -0.25) is 14.9 Å². The minimum Gasteiger partial charge on any atom is -0.468 e. The number of benzene rings is 2. The molecule has 8 nitrogen and oxygen atoms in total. The van der Waals surface area contributed by atoms with E-state index in [0.717, 1.165) is 7.11 Å². The third-order valence-corrected chi connectivity index (χ3v) is 4.91. The molecule has 0 aliphatic heterocycles. The molecule has 2 aromatic carbocycles. The Bertz CT molecular complexity index is 850. The van der Waals surface area contributed by atoms with Gasteiger partial charge in [-0.05, 0) is 24.1 Å². The fourth-order valence-electron chi connectivity index (χ4n) is 2.16. The van der Waals surface area contributed by atoms with Crippen LogP contribution in [0.25, 0.3) is 0 Å². The van der Waals surface area contributed by atoms with Gasteiger partial charge in [0.2, 0.25) is 10.0 Å². The summed E-state index contributed by atoms with van der Waals surface area (Å²) in [6.07, 6.45) is -0.00324. The molecule has 0 bridgehead atoms. The van der Waals surface area contributed by atoms with Crippen LogP contribution in [0, 0.1) is 10.1 Å². The first kappa shape index (κ1) is 18.6. The van der Waals surface area contributed by atoms with Crippen LogP contribution in [0.1, 0.15) is 5.56 Å². The van der Waals surface area contributed by atoms with Crippen LogP contribution in [0.4, 0.5) is 5.69 Å². The summed E-state index contributed by atoms with van der Waals surface area (Å²) in [7, 11) is -2.76. The lowest BCUT2D eigenvalue weighted by atomic mass is 10.1. The number of nitro benzene ring substituents is 1. The molecule has 0 saturated carbocycles. The van der Waals surface area contributed by atoms with Crippen LogP contribution in [0.15, 0.2) is 59.5 Å². The molecule has 0 aliphatic rings. The van der Waals surface area contributed by atoms with Crippen molar-refractivity contribution >= 4 is 21.7 Å². The van der Waals surface area contributed by atoms with Gasteiger partial charge in [0.25, 0.3) is 5.69 Å². The van der Waals surface area contributed by atoms with Crippen LogP contribution in [-0.4, -0.2) is 32.5 Å². The molecule has 0 aromatic heterocycles. The van der Waals surface area contributed by atoms with Crippen molar-refractivity contribution in [3.8, 4) is 0 Å². The number of carbonyl (C=O) groups excluding carboxylic acids is 1. The van der Waals surface area contributed by atoms with Crippen LogP contribution in [0.2, 0.25) is 0 Å². The Balaban J connectivity index is 2.22. The monoisotopic (exact) mass is 364 g/mol. The second kappa shape index (κ2) is 7.86. The van der Waals surface area contributed by atoms with Gasteiger partial charge in [0.05, 0.1) is 16.9 Å². The predicted molar refractivity (Wildman–Crippen MR) is 89.4 cm³/mol. The summed E-state index contributed by atoms with van der Waals surface area (Å²) in [5.41, 5.74) is 0.458. The maximum absolute atomic E-state index is 12.4. The smallest absolute Gasteiger partial charge is 0.324 e. The van der Waals surface area contributed by atoms with Gasteiger partial charge in [0.15, 0.2) is 0 Å². The molecule has 2 aromatic rings. The molecule has 2 rings (SSSR count). The number of hydrogen-bond acceptors (Lipinski definition) is 6. The fraction of sp³-hybridized carbons (Fsp3) is 0.188. The van der Waals surface area contributed by atoms with Crippen molar-refractivity contribution in [2.45, 2.75) is 17.4 Å². The van der Waals surface area contributed by atoms with Gasteiger partial charge >= 0.3 is 5.97 Å². The van der Waals surface area contributed by atoms with E-state index in [1.54, 1.807) is 18.2 Å². The topological polar surface area (TPSA) is 116 Å². The number of nitrogens with one attached hydrogen (secondary N) is 1. The summed E-state index contributed by atoms with van der Waals surface area (Å²) >= 11 is 0. The normalized spacial score (nSPS) is 12.4. The van der Waals surface area contributed by atoms with E-state index in [0.29, 0.717) is 5.56 Å². The molecule has 1 atom stereocenters. The van der Waals surface area contributed by atoms with Gasteiger partial charge in [0, 0.05) is 12.1 Å². The van der Waals surface area contributed by atoms with Crippen molar-refractivity contribution < 1.29 is 22.9 Å². The van der Waals surface area contributed by atoms with Crippen LogP contribution >= 0.6 is 0 Å². The van der Waals surface area contributed by atoms with Crippen LogP contribution in [-0.2, 0) is 26.0 Å². The minimum atomic E-state index is -3.92. The second-order valence-electron chi connectivity index (χ2n) is 5.14. The number of nitro groups is 1. The number of sulfonamides is 1. The molecular formula is C16H16N2O6S. The third-order valence-electron chi connectivity index (χ3n) is 3.42. The van der Waals surface area contributed by atoms with Crippen LogP contribution in [0.5, 0.6) is 0 Å². The van der Waals surface area contributed by atoms with E-state index in [-0.39, 0.29) is 17.0 Å². The molecule has 1 N–H and O–H groups in total. The van der Waals surface area contributed by atoms with Crippen molar-refractivity contribution in [1.82, 2.24) is 4.72 Å². The highest BCUT2D eigenvalue weighted by molar-refractivity contribution is 7.89. The lowest BCUT2D eigenvalue weighted by Gasteiger charge is -2.16. The highest BCUT2D eigenvalue weighted by Gasteiger charge is 2.26. The molecule has 0 radical (unpaired) electrons. The summed E-state index contributed by atoms with van der Waals surface area (Å²) in [6.45, 7) is 0. The predicted octanol–water partition coefficient (Wildman–Crippen LogP) is 1.66. The Kier molecular flexibility index (Phi) is 5.84. The number of carbonyl (C=O) groups is 1.